The van der Waals surface area contributed by atoms with Crippen molar-refractivity contribution in [2.24, 2.45) is 7.05 Å². The van der Waals surface area contributed by atoms with Crippen molar-refractivity contribution in [3.63, 3.8) is 0 Å². The first kappa shape index (κ1) is 15.8. The molecule has 0 N–H and O–H groups in total. The zero-order valence-corrected chi connectivity index (χ0v) is 14.4. The summed E-state index contributed by atoms with van der Waals surface area (Å²) in [7, 11) is 1.78. The molecule has 0 aromatic carbocycles. The summed E-state index contributed by atoms with van der Waals surface area (Å²) >= 11 is 6.29. The minimum absolute atomic E-state index is 0.0565. The van der Waals surface area contributed by atoms with Gasteiger partial charge in [-0.15, -0.1) is 0 Å². The molecule has 0 saturated carbocycles. The van der Waals surface area contributed by atoms with E-state index in [0.717, 1.165) is 38.2 Å². The molecule has 5 nitrogen and oxygen atoms in total. The van der Waals surface area contributed by atoms with E-state index in [1.165, 1.54) is 12.8 Å². The van der Waals surface area contributed by atoms with Crippen molar-refractivity contribution in [2.45, 2.75) is 51.6 Å². The van der Waals surface area contributed by atoms with Crippen molar-refractivity contribution in [2.75, 3.05) is 19.6 Å². The van der Waals surface area contributed by atoms with Crippen molar-refractivity contribution >= 4 is 17.5 Å². The molecular formula is C16H25ClN4O. The smallest absolute Gasteiger partial charge is 0.259 e. The third-order valence-corrected chi connectivity index (χ3v) is 5.62. The number of carbonyl (C=O) groups excluding carboxylic acids is 1. The monoisotopic (exact) mass is 324 g/mol. The van der Waals surface area contributed by atoms with E-state index in [9.17, 15) is 4.79 Å². The Bertz CT molecular complexity index is 571. The maximum atomic E-state index is 13.0. The molecule has 2 aliphatic rings. The summed E-state index contributed by atoms with van der Waals surface area (Å²) in [5, 5.41) is 4.73. The van der Waals surface area contributed by atoms with E-state index in [2.05, 4.69) is 21.8 Å². The minimum atomic E-state index is 0.0565. The highest BCUT2D eigenvalue weighted by Gasteiger charge is 2.40. The molecule has 3 rings (SSSR count). The van der Waals surface area contributed by atoms with Crippen molar-refractivity contribution in [3.05, 3.63) is 16.4 Å². The number of hydrogen-bond acceptors (Lipinski definition) is 3. The number of likely N-dealkylation sites (tertiary alicyclic amines) is 2. The number of nitrogens with zero attached hydrogens (tertiary/aromatic N) is 4. The lowest BCUT2D eigenvalue weighted by molar-refractivity contribution is 0.0649. The average Bonchev–Trinajstić information content (AvgIpc) is 3.18. The van der Waals surface area contributed by atoms with E-state index in [1.54, 1.807) is 11.7 Å². The Morgan fingerprint density at radius 3 is 2.59 bits per heavy atom. The summed E-state index contributed by atoms with van der Waals surface area (Å²) in [6.07, 6.45) is 4.62. The van der Waals surface area contributed by atoms with Gasteiger partial charge >= 0.3 is 0 Å². The molecule has 6 heteroatoms. The predicted octanol–water partition coefficient (Wildman–Crippen LogP) is 2.47. The molecule has 1 aromatic rings. The molecule has 0 unspecified atom stereocenters. The van der Waals surface area contributed by atoms with Gasteiger partial charge in [-0.25, -0.2) is 0 Å². The van der Waals surface area contributed by atoms with Crippen LogP contribution in [0.5, 0.6) is 0 Å². The van der Waals surface area contributed by atoms with Crippen LogP contribution in [-0.2, 0) is 7.05 Å². The van der Waals surface area contributed by atoms with Crippen LogP contribution in [0, 0.1) is 6.92 Å². The summed E-state index contributed by atoms with van der Waals surface area (Å²) < 4.78 is 1.59. The van der Waals surface area contributed by atoms with Gasteiger partial charge in [0, 0.05) is 25.7 Å². The van der Waals surface area contributed by atoms with Crippen molar-refractivity contribution in [1.82, 2.24) is 19.6 Å². The number of halogens is 1. The molecule has 2 fully saturated rings. The second kappa shape index (κ2) is 6.20. The molecule has 2 atom stereocenters. The van der Waals surface area contributed by atoms with Crippen LogP contribution < -0.4 is 0 Å². The second-order valence-electron chi connectivity index (χ2n) is 6.42. The first-order valence-electron chi connectivity index (χ1n) is 8.28. The molecule has 2 saturated heterocycles. The van der Waals surface area contributed by atoms with Gasteiger partial charge in [-0.1, -0.05) is 18.5 Å². The number of amides is 1. The van der Waals surface area contributed by atoms with Gasteiger partial charge in [0.2, 0.25) is 0 Å². The zero-order valence-electron chi connectivity index (χ0n) is 13.7. The van der Waals surface area contributed by atoms with Crippen molar-refractivity contribution in [3.8, 4) is 0 Å². The van der Waals surface area contributed by atoms with Crippen LogP contribution in [0.3, 0.4) is 0 Å². The quantitative estimate of drug-likeness (QED) is 0.857. The number of hydrogen-bond donors (Lipinski definition) is 0. The molecule has 0 radical (unpaired) electrons. The number of carbonyl (C=O) groups is 1. The van der Waals surface area contributed by atoms with E-state index in [1.807, 2.05) is 6.92 Å². The first-order chi connectivity index (χ1) is 10.5. The van der Waals surface area contributed by atoms with Crippen molar-refractivity contribution in [1.29, 1.82) is 0 Å². The lowest BCUT2D eigenvalue weighted by atomic mass is 10.0. The summed E-state index contributed by atoms with van der Waals surface area (Å²) in [4.78, 5) is 17.6. The Labute approximate surface area is 137 Å². The molecular weight excluding hydrogens is 300 g/mol. The highest BCUT2D eigenvalue weighted by molar-refractivity contribution is 6.33. The maximum Gasteiger partial charge on any atom is 0.259 e. The van der Waals surface area contributed by atoms with Crippen LogP contribution in [0.15, 0.2) is 0 Å². The molecule has 0 spiro atoms. The van der Waals surface area contributed by atoms with Gasteiger partial charge in [-0.3, -0.25) is 14.4 Å². The third-order valence-electron chi connectivity index (χ3n) is 5.19. The number of rotatable bonds is 3. The summed E-state index contributed by atoms with van der Waals surface area (Å²) in [6.45, 7) is 7.13. The van der Waals surface area contributed by atoms with Crippen LogP contribution in [0.2, 0.25) is 5.15 Å². The van der Waals surface area contributed by atoms with Gasteiger partial charge in [0.1, 0.15) is 5.15 Å². The highest BCUT2D eigenvalue weighted by atomic mass is 35.5. The van der Waals surface area contributed by atoms with Gasteiger partial charge in [-0.05, 0) is 45.7 Å². The molecule has 0 bridgehead atoms. The second-order valence-corrected chi connectivity index (χ2v) is 6.78. The van der Waals surface area contributed by atoms with Gasteiger partial charge in [-0.2, -0.15) is 5.10 Å². The molecule has 2 aliphatic heterocycles. The molecule has 122 valence electrons. The first-order valence-corrected chi connectivity index (χ1v) is 8.66. The standard InChI is InChI=1S/C16H25ClN4O/c1-4-20-9-5-7-12(20)13-8-6-10-21(13)16(22)14-11(2)18-19(3)15(14)17/h12-13H,4-10H2,1-3H3/t12-,13+/m0/s1. The number of aromatic nitrogens is 2. The molecule has 1 amide bonds. The van der Waals surface area contributed by atoms with E-state index >= 15 is 0 Å². The van der Waals surface area contributed by atoms with Crippen LogP contribution in [0.25, 0.3) is 0 Å². The normalized spacial score (nSPS) is 26.1. The van der Waals surface area contributed by atoms with E-state index in [4.69, 9.17) is 11.6 Å². The van der Waals surface area contributed by atoms with Crippen LogP contribution in [0.4, 0.5) is 0 Å². The largest absolute Gasteiger partial charge is 0.334 e. The van der Waals surface area contributed by atoms with Gasteiger partial charge in [0.15, 0.2) is 0 Å². The Kier molecular flexibility index (Phi) is 4.46. The lowest BCUT2D eigenvalue weighted by Crippen LogP contribution is -2.48. The molecule has 1 aromatic heterocycles. The third kappa shape index (κ3) is 2.54. The Balaban J connectivity index is 1.85. The van der Waals surface area contributed by atoms with Crippen LogP contribution >= 0.6 is 11.6 Å². The van der Waals surface area contributed by atoms with E-state index in [0.29, 0.717) is 22.8 Å². The average molecular weight is 325 g/mol. The summed E-state index contributed by atoms with van der Waals surface area (Å²) in [6, 6.07) is 0.831. The van der Waals surface area contributed by atoms with E-state index < -0.39 is 0 Å². The molecule has 0 aliphatic carbocycles. The van der Waals surface area contributed by atoms with E-state index in [-0.39, 0.29) is 5.91 Å². The lowest BCUT2D eigenvalue weighted by Gasteiger charge is -2.34. The Hall–Kier alpha value is -1.07. The van der Waals surface area contributed by atoms with Crippen LogP contribution in [0.1, 0.15) is 48.7 Å². The minimum Gasteiger partial charge on any atom is -0.334 e. The van der Waals surface area contributed by atoms with Crippen molar-refractivity contribution < 1.29 is 4.79 Å². The molecule has 22 heavy (non-hydrogen) atoms. The maximum absolute atomic E-state index is 13.0. The highest BCUT2D eigenvalue weighted by Crippen LogP contribution is 2.32. The number of aryl methyl sites for hydroxylation is 2. The molecule has 3 heterocycles. The van der Waals surface area contributed by atoms with Gasteiger partial charge in [0.25, 0.3) is 5.91 Å². The SMILES string of the molecule is CCN1CCC[C@H]1[C@H]1CCCN1C(=O)c1c(C)nn(C)c1Cl. The fourth-order valence-electron chi connectivity index (χ4n) is 4.14. The fourth-order valence-corrected chi connectivity index (χ4v) is 4.40. The Morgan fingerprint density at radius 2 is 1.95 bits per heavy atom. The van der Waals surface area contributed by atoms with Crippen LogP contribution in [-0.4, -0.2) is 57.2 Å². The summed E-state index contributed by atoms with van der Waals surface area (Å²) in [5.41, 5.74) is 1.30. The van der Waals surface area contributed by atoms with Gasteiger partial charge in [0.05, 0.1) is 11.3 Å². The predicted molar refractivity (Wildman–Crippen MR) is 87.3 cm³/mol. The zero-order chi connectivity index (χ0) is 15.9. The summed E-state index contributed by atoms with van der Waals surface area (Å²) in [5.74, 6) is 0.0565. The fraction of sp³-hybridized carbons (Fsp3) is 0.750. The van der Waals surface area contributed by atoms with Gasteiger partial charge < -0.3 is 4.90 Å². The topological polar surface area (TPSA) is 41.4 Å². The number of likely N-dealkylation sites (N-methyl/N-ethyl adjacent to an activating group) is 1. The Morgan fingerprint density at radius 1 is 1.27 bits per heavy atom.